The molecular formula is C21H31N7O7. The van der Waals surface area contributed by atoms with Crippen molar-refractivity contribution >= 4 is 35.6 Å². The second-order valence-corrected chi connectivity index (χ2v) is 7.58. The lowest BCUT2D eigenvalue weighted by Gasteiger charge is -2.22. The summed E-state index contributed by atoms with van der Waals surface area (Å²) in [6, 6.07) is 4.91. The molecule has 0 saturated heterocycles. The molecule has 0 aliphatic rings. The van der Waals surface area contributed by atoms with Gasteiger partial charge in [-0.05, 0) is 18.4 Å². The van der Waals surface area contributed by atoms with E-state index in [1.807, 2.05) is 0 Å². The van der Waals surface area contributed by atoms with Crippen LogP contribution in [0.5, 0.6) is 0 Å². The number of carboxylic acid groups (broad SMARTS) is 2. The number of benzene rings is 1. The van der Waals surface area contributed by atoms with Crippen LogP contribution in [0.2, 0.25) is 0 Å². The maximum absolute atomic E-state index is 12.8. The minimum absolute atomic E-state index is 0.0219. The molecule has 0 radical (unpaired) electrons. The first-order valence-electron chi connectivity index (χ1n) is 10.7. The fourth-order valence-corrected chi connectivity index (χ4v) is 2.92. The summed E-state index contributed by atoms with van der Waals surface area (Å²) in [6.07, 6.45) is -0.254. The highest BCUT2D eigenvalue weighted by atomic mass is 16.4. The molecule has 192 valence electrons. The highest BCUT2D eigenvalue weighted by molar-refractivity contribution is 5.93. The summed E-state index contributed by atoms with van der Waals surface area (Å²) in [5, 5.41) is 25.2. The summed E-state index contributed by atoms with van der Waals surface area (Å²) in [5.41, 5.74) is 16.7. The van der Waals surface area contributed by atoms with Crippen molar-refractivity contribution in [3.05, 3.63) is 35.9 Å². The third-order valence-electron chi connectivity index (χ3n) is 4.65. The maximum atomic E-state index is 12.8. The molecular weight excluding hydrogens is 462 g/mol. The summed E-state index contributed by atoms with van der Waals surface area (Å²) in [5.74, 6) is -5.06. The molecule has 0 heterocycles. The lowest BCUT2D eigenvalue weighted by molar-refractivity contribution is -0.142. The average Bonchev–Trinajstić information content (AvgIpc) is 2.78. The van der Waals surface area contributed by atoms with Crippen LogP contribution >= 0.6 is 0 Å². The van der Waals surface area contributed by atoms with Crippen molar-refractivity contribution in [2.24, 2.45) is 22.2 Å². The van der Waals surface area contributed by atoms with Crippen LogP contribution in [-0.4, -0.2) is 77.0 Å². The number of nitrogens with two attached hydrogens (primary N) is 3. The molecule has 1 aromatic rings. The van der Waals surface area contributed by atoms with Crippen molar-refractivity contribution < 1.29 is 34.2 Å². The normalized spacial score (nSPS) is 12.9. The molecule has 1 aromatic carbocycles. The number of guanidine groups is 1. The summed E-state index contributed by atoms with van der Waals surface area (Å²) < 4.78 is 0. The Balaban J connectivity index is 2.81. The third kappa shape index (κ3) is 12.0. The number of carbonyl (C=O) groups is 5. The van der Waals surface area contributed by atoms with Crippen molar-refractivity contribution in [1.82, 2.24) is 16.0 Å². The number of aliphatic carboxylic acids is 2. The molecule has 14 nitrogen and oxygen atoms in total. The van der Waals surface area contributed by atoms with Crippen molar-refractivity contribution in [3.8, 4) is 0 Å². The minimum atomic E-state index is -1.35. The Kier molecular flexibility index (Phi) is 12.2. The summed E-state index contributed by atoms with van der Waals surface area (Å²) in [7, 11) is 0. The summed E-state index contributed by atoms with van der Waals surface area (Å²) in [4.78, 5) is 63.1. The predicted molar refractivity (Wildman–Crippen MR) is 125 cm³/mol. The zero-order valence-electron chi connectivity index (χ0n) is 19.0. The second-order valence-electron chi connectivity index (χ2n) is 7.58. The zero-order chi connectivity index (χ0) is 26.4. The fraction of sp³-hybridized carbons (Fsp3) is 0.429. The van der Waals surface area contributed by atoms with Gasteiger partial charge >= 0.3 is 11.9 Å². The van der Waals surface area contributed by atoms with E-state index in [0.717, 1.165) is 0 Å². The number of carboxylic acids is 2. The maximum Gasteiger partial charge on any atom is 0.326 e. The lowest BCUT2D eigenvalue weighted by atomic mass is 10.0. The fourth-order valence-electron chi connectivity index (χ4n) is 2.92. The van der Waals surface area contributed by atoms with E-state index in [0.29, 0.717) is 5.56 Å². The van der Waals surface area contributed by atoms with Gasteiger partial charge in [-0.3, -0.25) is 24.2 Å². The van der Waals surface area contributed by atoms with Crippen LogP contribution in [0.1, 0.15) is 24.8 Å². The van der Waals surface area contributed by atoms with Gasteiger partial charge in [0.1, 0.15) is 12.1 Å². The Morgan fingerprint density at radius 2 is 1.60 bits per heavy atom. The number of carbonyl (C=O) groups excluding carboxylic acids is 3. The summed E-state index contributed by atoms with van der Waals surface area (Å²) in [6.45, 7) is -0.411. The van der Waals surface area contributed by atoms with Gasteiger partial charge in [-0.15, -0.1) is 0 Å². The van der Waals surface area contributed by atoms with Gasteiger partial charge < -0.3 is 43.4 Å². The molecule has 0 bridgehead atoms. The van der Waals surface area contributed by atoms with Crippen molar-refractivity contribution in [2.45, 2.75) is 43.8 Å². The van der Waals surface area contributed by atoms with Crippen LogP contribution in [0.15, 0.2) is 35.3 Å². The Morgan fingerprint density at radius 1 is 0.943 bits per heavy atom. The van der Waals surface area contributed by atoms with Crippen LogP contribution in [0.4, 0.5) is 0 Å². The molecule has 3 atom stereocenters. The van der Waals surface area contributed by atoms with E-state index in [1.54, 1.807) is 30.3 Å². The van der Waals surface area contributed by atoms with Gasteiger partial charge in [0.05, 0.1) is 19.0 Å². The van der Waals surface area contributed by atoms with Gasteiger partial charge in [0.2, 0.25) is 17.7 Å². The smallest absolute Gasteiger partial charge is 0.326 e. The van der Waals surface area contributed by atoms with Gasteiger partial charge in [0.15, 0.2) is 5.96 Å². The highest BCUT2D eigenvalue weighted by Gasteiger charge is 2.27. The summed E-state index contributed by atoms with van der Waals surface area (Å²) >= 11 is 0. The van der Waals surface area contributed by atoms with Gasteiger partial charge in [-0.1, -0.05) is 30.3 Å². The number of hydrogen-bond acceptors (Lipinski definition) is 7. The number of rotatable bonds is 15. The standard InChI is InChI=1S/C21H31N7O7/c22-13(10-17(30)31)18(32)26-11-16(29)27-14(7-4-8-25-21(23)24)19(33)28-15(20(34)35)9-12-5-2-1-3-6-12/h1-3,5-6,13-15H,4,7-11,22H2,(H,26,32)(H,27,29)(H,28,33)(H,30,31)(H,34,35)(H4,23,24,25). The zero-order valence-corrected chi connectivity index (χ0v) is 19.0. The average molecular weight is 494 g/mol. The van der Waals surface area contributed by atoms with Crippen LogP contribution in [-0.2, 0) is 30.4 Å². The second kappa shape index (κ2) is 14.8. The first kappa shape index (κ1) is 28.8. The molecule has 35 heavy (non-hydrogen) atoms. The van der Waals surface area contributed by atoms with Crippen molar-refractivity contribution in [1.29, 1.82) is 0 Å². The minimum Gasteiger partial charge on any atom is -0.481 e. The van der Waals surface area contributed by atoms with E-state index in [4.69, 9.17) is 22.3 Å². The Morgan fingerprint density at radius 3 is 2.17 bits per heavy atom. The van der Waals surface area contributed by atoms with E-state index < -0.39 is 60.8 Å². The van der Waals surface area contributed by atoms with Crippen molar-refractivity contribution in [2.75, 3.05) is 13.1 Å². The molecule has 0 aliphatic heterocycles. The lowest BCUT2D eigenvalue weighted by Crippen LogP contribution is -2.54. The van der Waals surface area contributed by atoms with Crippen molar-refractivity contribution in [3.63, 3.8) is 0 Å². The van der Waals surface area contributed by atoms with E-state index in [9.17, 15) is 29.1 Å². The first-order valence-corrected chi connectivity index (χ1v) is 10.7. The van der Waals surface area contributed by atoms with Gasteiger partial charge in [0, 0.05) is 13.0 Å². The molecule has 0 aliphatic carbocycles. The molecule has 11 N–H and O–H groups in total. The Labute approximate surface area is 201 Å². The van der Waals surface area contributed by atoms with Gasteiger partial charge in [0.25, 0.3) is 0 Å². The van der Waals surface area contributed by atoms with Gasteiger partial charge in [-0.25, -0.2) is 4.79 Å². The molecule has 0 aromatic heterocycles. The van der Waals surface area contributed by atoms with E-state index in [1.165, 1.54) is 0 Å². The topological polar surface area (TPSA) is 252 Å². The molecule has 0 saturated carbocycles. The van der Waals surface area contributed by atoms with E-state index in [2.05, 4.69) is 20.9 Å². The molecule has 0 spiro atoms. The van der Waals surface area contributed by atoms with E-state index in [-0.39, 0.29) is 31.8 Å². The number of amides is 3. The number of nitrogens with zero attached hydrogens (tertiary/aromatic N) is 1. The van der Waals surface area contributed by atoms with Gasteiger partial charge in [-0.2, -0.15) is 0 Å². The largest absolute Gasteiger partial charge is 0.481 e. The number of aliphatic imine (C=N–C) groups is 1. The number of hydrogen-bond donors (Lipinski definition) is 8. The molecule has 0 fully saturated rings. The quantitative estimate of drug-likeness (QED) is 0.0710. The van der Waals surface area contributed by atoms with Crippen LogP contribution in [0, 0.1) is 0 Å². The highest BCUT2D eigenvalue weighted by Crippen LogP contribution is 2.06. The Hall–Kier alpha value is -4.20. The molecule has 3 amide bonds. The first-order chi connectivity index (χ1) is 16.5. The molecule has 14 heteroatoms. The Bertz CT molecular complexity index is 920. The van der Waals surface area contributed by atoms with Crippen LogP contribution in [0.3, 0.4) is 0 Å². The number of nitrogens with one attached hydrogen (secondary N) is 3. The molecule has 3 unspecified atom stereocenters. The van der Waals surface area contributed by atoms with Crippen LogP contribution < -0.4 is 33.2 Å². The predicted octanol–water partition coefficient (Wildman–Crippen LogP) is -2.74. The van der Waals surface area contributed by atoms with E-state index >= 15 is 0 Å². The monoisotopic (exact) mass is 493 g/mol. The molecule has 1 rings (SSSR count). The SMILES string of the molecule is NC(N)=NCCCC(NC(=O)CNC(=O)C(N)CC(=O)O)C(=O)NC(Cc1ccccc1)C(=O)O. The third-order valence-corrected chi connectivity index (χ3v) is 4.65. The van der Waals surface area contributed by atoms with Crippen LogP contribution in [0.25, 0.3) is 0 Å².